The number of nitriles is 1. The molecule has 2 aliphatic heterocycles. The third kappa shape index (κ3) is 6.81. The molecule has 13 heteroatoms. The monoisotopic (exact) mass is 544 g/mol. The van der Waals surface area contributed by atoms with Gasteiger partial charge in [-0.15, -0.1) is 0 Å². The van der Waals surface area contributed by atoms with Gasteiger partial charge in [-0.25, -0.2) is 15.5 Å². The molecule has 4 heterocycles. The van der Waals surface area contributed by atoms with E-state index >= 15 is 0 Å². The van der Waals surface area contributed by atoms with E-state index in [1.165, 1.54) is 12.3 Å². The van der Waals surface area contributed by atoms with Gasteiger partial charge in [0.2, 0.25) is 11.8 Å². The largest absolute Gasteiger partial charge is 0.477 e. The fourth-order valence-corrected chi connectivity index (χ4v) is 4.99. The molecule has 0 aromatic carbocycles. The summed E-state index contributed by atoms with van der Waals surface area (Å²) >= 11 is 0. The number of amides is 1. The van der Waals surface area contributed by atoms with E-state index < -0.39 is 17.6 Å². The maximum atomic E-state index is 13.9. The third-order valence-electron chi connectivity index (χ3n) is 7.22. The summed E-state index contributed by atoms with van der Waals surface area (Å²) in [6.45, 7) is 3.75. The van der Waals surface area contributed by atoms with Gasteiger partial charge in [-0.2, -0.15) is 23.5 Å². The Hall–Kier alpha value is -3.79. The second-order valence-corrected chi connectivity index (χ2v) is 9.74. The van der Waals surface area contributed by atoms with Gasteiger partial charge in [0.15, 0.2) is 5.69 Å². The Bertz CT molecular complexity index is 1230. The van der Waals surface area contributed by atoms with Crippen molar-refractivity contribution in [1.29, 1.82) is 10.8 Å². The molecule has 0 aliphatic carbocycles. The number of halogens is 3. The van der Waals surface area contributed by atoms with Crippen molar-refractivity contribution >= 4 is 17.3 Å². The number of alkyl halides is 3. The van der Waals surface area contributed by atoms with Crippen molar-refractivity contribution in [3.63, 3.8) is 0 Å². The zero-order chi connectivity index (χ0) is 28.0. The molecule has 0 unspecified atom stereocenters. The summed E-state index contributed by atoms with van der Waals surface area (Å²) in [6, 6.07) is 4.13. The first-order valence-electron chi connectivity index (χ1n) is 12.9. The van der Waals surface area contributed by atoms with Gasteiger partial charge in [0.05, 0.1) is 24.5 Å². The van der Waals surface area contributed by atoms with E-state index in [-0.39, 0.29) is 40.8 Å². The number of carbonyl (C=O) groups excluding carboxylic acids is 1. The molecule has 1 amide bonds. The van der Waals surface area contributed by atoms with Crippen molar-refractivity contribution in [2.24, 2.45) is 11.0 Å². The third-order valence-corrected chi connectivity index (χ3v) is 7.22. The van der Waals surface area contributed by atoms with Crippen molar-refractivity contribution in [3.8, 4) is 23.2 Å². The molecule has 2 aromatic rings. The molecule has 10 nitrogen and oxygen atoms in total. The predicted octanol–water partition coefficient (Wildman–Crippen LogP) is 4.84. The van der Waals surface area contributed by atoms with Crippen LogP contribution in [0, 0.1) is 22.8 Å². The maximum absolute atomic E-state index is 13.9. The Labute approximate surface area is 224 Å². The lowest BCUT2D eigenvalue weighted by atomic mass is 9.94. The Kier molecular flexibility index (Phi) is 8.96. The highest BCUT2D eigenvalue weighted by molar-refractivity contribution is 5.78. The number of piperidine rings is 1. The van der Waals surface area contributed by atoms with Gasteiger partial charge >= 0.3 is 6.18 Å². The first-order valence-corrected chi connectivity index (χ1v) is 12.9. The normalized spacial score (nSPS) is 16.6. The number of rotatable bonds is 9. The molecule has 2 aliphatic rings. The number of ether oxygens (including phenoxy) is 1. The number of nitrogens with one attached hydrogen (secondary N) is 2. The fraction of sp³-hybridized carbons (Fsp3) is 0.538. The van der Waals surface area contributed by atoms with Crippen molar-refractivity contribution in [1.82, 2.24) is 19.8 Å². The van der Waals surface area contributed by atoms with Gasteiger partial charge in [-0.3, -0.25) is 9.69 Å². The van der Waals surface area contributed by atoms with E-state index in [1.807, 2.05) is 11.0 Å². The van der Waals surface area contributed by atoms with E-state index in [9.17, 15) is 23.2 Å². The van der Waals surface area contributed by atoms with Crippen LogP contribution in [0.5, 0.6) is 5.88 Å². The molecule has 2 saturated heterocycles. The highest BCUT2D eigenvalue weighted by atomic mass is 19.4. The van der Waals surface area contributed by atoms with Gasteiger partial charge in [0.1, 0.15) is 17.3 Å². The lowest BCUT2D eigenvalue weighted by Crippen LogP contribution is -2.42. The molecule has 0 radical (unpaired) electrons. The van der Waals surface area contributed by atoms with Crippen LogP contribution in [0.2, 0.25) is 0 Å². The lowest BCUT2D eigenvalue weighted by Gasteiger charge is -2.32. The van der Waals surface area contributed by atoms with E-state index in [0.29, 0.717) is 18.9 Å². The van der Waals surface area contributed by atoms with Crippen molar-refractivity contribution in [2.45, 2.75) is 38.3 Å². The summed E-state index contributed by atoms with van der Waals surface area (Å²) in [4.78, 5) is 24.5. The van der Waals surface area contributed by atoms with Crippen LogP contribution in [0.4, 0.5) is 24.5 Å². The van der Waals surface area contributed by atoms with Crippen molar-refractivity contribution in [2.75, 3.05) is 51.7 Å². The first-order chi connectivity index (χ1) is 18.7. The van der Waals surface area contributed by atoms with Crippen LogP contribution in [0.25, 0.3) is 11.3 Å². The van der Waals surface area contributed by atoms with Crippen molar-refractivity contribution < 1.29 is 22.7 Å². The van der Waals surface area contributed by atoms with Crippen LogP contribution >= 0.6 is 0 Å². The molecular formula is C26H31F3N8O2. The Balaban J connectivity index is 1.38. The maximum Gasteiger partial charge on any atom is 0.421 e. The molecule has 208 valence electrons. The van der Waals surface area contributed by atoms with E-state index in [0.717, 1.165) is 57.9 Å². The van der Waals surface area contributed by atoms with Crippen LogP contribution in [-0.2, 0) is 11.0 Å². The molecule has 39 heavy (non-hydrogen) atoms. The summed E-state index contributed by atoms with van der Waals surface area (Å²) in [7, 11) is 1.54. The van der Waals surface area contributed by atoms with Crippen LogP contribution in [0.1, 0.15) is 43.4 Å². The Morgan fingerprint density at radius 1 is 1.26 bits per heavy atom. The molecule has 2 fully saturated rings. The number of nitrogens with zero attached hydrogens (tertiary/aromatic N) is 6. The predicted molar refractivity (Wildman–Crippen MR) is 137 cm³/mol. The van der Waals surface area contributed by atoms with Crippen molar-refractivity contribution in [3.05, 3.63) is 29.6 Å². The molecule has 4 rings (SSSR count). The average Bonchev–Trinajstić information content (AvgIpc) is 3.48. The average molecular weight is 545 g/mol. The molecule has 0 spiro atoms. The Morgan fingerprint density at radius 2 is 1.97 bits per heavy atom. The number of anilines is 1. The standard InChI is InChI=1S/C26H31F3N8O2/c1-32-21-13-20(34-22(14-30)24(21)35-31)18-12-19(26(27,28)29)25(33-15-18)39-11-6-17-4-9-36(10-5-17)16-23(38)37-7-2-3-8-37/h12-13,15,17,31H,2-11,16H2,1H3,(H,32,34). The number of pyridine rings is 2. The zero-order valence-electron chi connectivity index (χ0n) is 21.7. The summed E-state index contributed by atoms with van der Waals surface area (Å²) < 4.78 is 47.3. The minimum Gasteiger partial charge on any atom is -0.477 e. The summed E-state index contributed by atoms with van der Waals surface area (Å²) in [6.07, 6.45) is 0.938. The smallest absolute Gasteiger partial charge is 0.421 e. The quantitative estimate of drug-likeness (QED) is 0.432. The fourth-order valence-electron chi connectivity index (χ4n) is 4.99. The van der Waals surface area contributed by atoms with E-state index in [2.05, 4.69) is 25.3 Å². The summed E-state index contributed by atoms with van der Waals surface area (Å²) in [5, 5.41) is 15.4. The SMILES string of the molecule is CNc1cc(-c2cnc(OCCC3CCN(CC(=O)N4CCCC4)CC3)c(C(F)(F)F)c2)nc(C#N)c1N=N. The summed E-state index contributed by atoms with van der Waals surface area (Å²) in [5.41, 5.74) is 6.46. The highest BCUT2D eigenvalue weighted by Gasteiger charge is 2.36. The highest BCUT2D eigenvalue weighted by Crippen LogP contribution is 2.39. The topological polar surface area (TPSA) is 131 Å². The van der Waals surface area contributed by atoms with Gasteiger partial charge in [0.25, 0.3) is 0 Å². The number of hydrogen-bond donors (Lipinski definition) is 2. The van der Waals surface area contributed by atoms with Crippen LogP contribution < -0.4 is 10.1 Å². The van der Waals surface area contributed by atoms with E-state index in [1.54, 1.807) is 7.05 Å². The molecule has 0 bridgehead atoms. The number of aromatic nitrogens is 2. The lowest BCUT2D eigenvalue weighted by molar-refractivity contribution is -0.139. The van der Waals surface area contributed by atoms with Crippen LogP contribution in [-0.4, -0.2) is 72.1 Å². The summed E-state index contributed by atoms with van der Waals surface area (Å²) in [5.74, 6) is -0.0367. The molecule has 0 saturated carbocycles. The van der Waals surface area contributed by atoms with Gasteiger partial charge in [0, 0.05) is 31.9 Å². The molecule has 0 atom stereocenters. The molecule has 2 aromatic heterocycles. The second-order valence-electron chi connectivity index (χ2n) is 9.74. The van der Waals surface area contributed by atoms with Crippen LogP contribution in [0.15, 0.2) is 23.4 Å². The number of likely N-dealkylation sites (tertiary alicyclic amines) is 2. The molecular weight excluding hydrogens is 513 g/mol. The van der Waals surface area contributed by atoms with Gasteiger partial charge < -0.3 is 15.0 Å². The molecule has 2 N–H and O–H groups in total. The van der Waals surface area contributed by atoms with Gasteiger partial charge in [-0.05, 0) is 63.2 Å². The number of carbonyl (C=O) groups is 1. The van der Waals surface area contributed by atoms with E-state index in [4.69, 9.17) is 10.3 Å². The van der Waals surface area contributed by atoms with Crippen LogP contribution in [0.3, 0.4) is 0 Å². The minimum absolute atomic E-state index is 0.00303. The zero-order valence-corrected chi connectivity index (χ0v) is 21.7. The first kappa shape index (κ1) is 28.2. The second kappa shape index (κ2) is 12.4. The minimum atomic E-state index is -4.72. The number of hydrogen-bond acceptors (Lipinski definition) is 9. The Morgan fingerprint density at radius 3 is 2.59 bits per heavy atom. The van der Waals surface area contributed by atoms with Gasteiger partial charge in [-0.1, -0.05) is 0 Å².